The first kappa shape index (κ1) is 10.4. The molecule has 0 radical (unpaired) electrons. The second-order valence-electron chi connectivity index (χ2n) is 3.22. The van der Waals surface area contributed by atoms with Crippen molar-refractivity contribution in [3.05, 3.63) is 34.7 Å². The number of hydrogen-bond donors (Lipinski definition) is 2. The first-order valence-corrected chi connectivity index (χ1v) is 4.74. The first-order chi connectivity index (χ1) is 7.76. The Morgan fingerprint density at radius 2 is 1.94 bits per heavy atom. The van der Waals surface area contributed by atoms with Crippen molar-refractivity contribution in [1.82, 2.24) is 10.2 Å². The van der Waals surface area contributed by atoms with E-state index in [-0.39, 0.29) is 5.56 Å². The topological polar surface area (TPSA) is 67.1 Å². The molecule has 0 saturated heterocycles. The van der Waals surface area contributed by atoms with Crippen LogP contribution < -0.4 is 15.0 Å². The van der Waals surface area contributed by atoms with Gasteiger partial charge in [0, 0.05) is 11.8 Å². The molecule has 1 aromatic carbocycles. The summed E-state index contributed by atoms with van der Waals surface area (Å²) in [7, 11) is 3.14. The van der Waals surface area contributed by atoms with Crippen molar-refractivity contribution in [1.29, 1.82) is 0 Å². The molecule has 0 aliphatic carbocycles. The number of hydrogen-bond acceptors (Lipinski definition) is 3. The van der Waals surface area contributed by atoms with Gasteiger partial charge in [0.25, 0.3) is 5.56 Å². The maximum absolute atomic E-state index is 11.5. The zero-order valence-electron chi connectivity index (χ0n) is 9.03. The van der Waals surface area contributed by atoms with E-state index in [1.165, 1.54) is 0 Å². The summed E-state index contributed by atoms with van der Waals surface area (Å²) in [6.45, 7) is 0. The predicted octanol–water partition coefficient (Wildman–Crippen LogP) is 1.39. The van der Waals surface area contributed by atoms with E-state index >= 15 is 0 Å². The van der Waals surface area contributed by atoms with Gasteiger partial charge in [-0.25, -0.2) is 0 Å². The van der Waals surface area contributed by atoms with Gasteiger partial charge in [-0.2, -0.15) is 0 Å². The van der Waals surface area contributed by atoms with E-state index in [1.807, 2.05) is 0 Å². The number of nitrogens with one attached hydrogen (secondary N) is 2. The van der Waals surface area contributed by atoms with Gasteiger partial charge in [-0.1, -0.05) is 0 Å². The Morgan fingerprint density at radius 1 is 1.12 bits per heavy atom. The van der Waals surface area contributed by atoms with Gasteiger partial charge in [0.15, 0.2) is 0 Å². The van der Waals surface area contributed by atoms with Crippen LogP contribution in [0.15, 0.2) is 29.2 Å². The standard InChI is InChI=1S/C11H12N2O3/c1-15-7-3-4-10(16-2)8(5-7)9-6-12-13-11(9)14/h3-6H,1-2H3,(H2,12,13,14). The Bertz CT molecular complexity index is 542. The van der Waals surface area contributed by atoms with Gasteiger partial charge in [-0.05, 0) is 18.2 Å². The number of rotatable bonds is 3. The van der Waals surface area contributed by atoms with Crippen LogP contribution in [-0.4, -0.2) is 24.4 Å². The van der Waals surface area contributed by atoms with E-state index in [4.69, 9.17) is 9.47 Å². The Kier molecular flexibility index (Phi) is 2.68. The third-order valence-electron chi connectivity index (χ3n) is 2.34. The summed E-state index contributed by atoms with van der Waals surface area (Å²) in [6, 6.07) is 5.31. The molecule has 1 heterocycles. The predicted molar refractivity (Wildman–Crippen MR) is 60.0 cm³/mol. The first-order valence-electron chi connectivity index (χ1n) is 4.74. The average molecular weight is 220 g/mol. The molecule has 0 fully saturated rings. The molecule has 0 atom stereocenters. The molecule has 0 bridgehead atoms. The summed E-state index contributed by atoms with van der Waals surface area (Å²) >= 11 is 0. The molecule has 84 valence electrons. The van der Waals surface area contributed by atoms with Crippen molar-refractivity contribution >= 4 is 0 Å². The number of aromatic amines is 2. The van der Waals surface area contributed by atoms with Crippen molar-refractivity contribution in [2.75, 3.05) is 14.2 Å². The molecule has 5 heteroatoms. The molecular weight excluding hydrogens is 208 g/mol. The fourth-order valence-electron chi connectivity index (χ4n) is 1.53. The molecule has 0 amide bonds. The molecule has 1 aromatic heterocycles. The summed E-state index contributed by atoms with van der Waals surface area (Å²) in [4.78, 5) is 11.5. The minimum atomic E-state index is -0.188. The van der Waals surface area contributed by atoms with E-state index in [2.05, 4.69) is 10.2 Å². The SMILES string of the molecule is COc1ccc(OC)c(-c2c[nH][nH]c2=O)c1. The lowest BCUT2D eigenvalue weighted by atomic mass is 10.1. The highest BCUT2D eigenvalue weighted by atomic mass is 16.5. The average Bonchev–Trinajstić information content (AvgIpc) is 2.74. The Hall–Kier alpha value is -2.17. The van der Waals surface area contributed by atoms with Gasteiger partial charge in [-0.3, -0.25) is 9.89 Å². The van der Waals surface area contributed by atoms with Crippen LogP contribution in [0.1, 0.15) is 0 Å². The van der Waals surface area contributed by atoms with Gasteiger partial charge in [0.2, 0.25) is 0 Å². The Balaban J connectivity index is 2.62. The van der Waals surface area contributed by atoms with Crippen LogP contribution in [0.25, 0.3) is 11.1 Å². The van der Waals surface area contributed by atoms with Gasteiger partial charge in [0.05, 0.1) is 19.8 Å². The number of H-pyrrole nitrogens is 2. The number of benzene rings is 1. The summed E-state index contributed by atoms with van der Waals surface area (Å²) in [5.41, 5.74) is 1.03. The second kappa shape index (κ2) is 4.14. The van der Waals surface area contributed by atoms with Gasteiger partial charge in [-0.15, -0.1) is 0 Å². The molecule has 0 aliphatic rings. The maximum atomic E-state index is 11.5. The quantitative estimate of drug-likeness (QED) is 0.821. The number of aromatic nitrogens is 2. The zero-order chi connectivity index (χ0) is 11.5. The van der Waals surface area contributed by atoms with Crippen LogP contribution in [-0.2, 0) is 0 Å². The van der Waals surface area contributed by atoms with Crippen LogP contribution in [0, 0.1) is 0 Å². The fourth-order valence-corrected chi connectivity index (χ4v) is 1.53. The second-order valence-corrected chi connectivity index (χ2v) is 3.22. The minimum absolute atomic E-state index is 0.188. The van der Waals surface area contributed by atoms with Crippen LogP contribution >= 0.6 is 0 Å². The van der Waals surface area contributed by atoms with E-state index in [0.29, 0.717) is 22.6 Å². The minimum Gasteiger partial charge on any atom is -0.497 e. The summed E-state index contributed by atoms with van der Waals surface area (Å²) < 4.78 is 10.3. The van der Waals surface area contributed by atoms with Crippen molar-refractivity contribution in [2.24, 2.45) is 0 Å². The van der Waals surface area contributed by atoms with E-state index in [1.54, 1.807) is 38.6 Å². The largest absolute Gasteiger partial charge is 0.497 e. The molecule has 2 N–H and O–H groups in total. The lowest BCUT2D eigenvalue weighted by Gasteiger charge is -2.08. The Morgan fingerprint density at radius 3 is 2.50 bits per heavy atom. The van der Waals surface area contributed by atoms with E-state index < -0.39 is 0 Å². The van der Waals surface area contributed by atoms with Crippen molar-refractivity contribution in [2.45, 2.75) is 0 Å². The molecule has 0 aliphatic heterocycles. The monoisotopic (exact) mass is 220 g/mol. The Labute approximate surface area is 92.0 Å². The number of methoxy groups -OCH3 is 2. The summed E-state index contributed by atoms with van der Waals surface area (Å²) in [5.74, 6) is 1.31. The molecule has 2 aromatic rings. The molecule has 0 saturated carbocycles. The lowest BCUT2D eigenvalue weighted by molar-refractivity contribution is 0.404. The molecule has 0 spiro atoms. The fraction of sp³-hybridized carbons (Fsp3) is 0.182. The summed E-state index contributed by atoms with van der Waals surface area (Å²) in [6.07, 6.45) is 1.60. The summed E-state index contributed by atoms with van der Waals surface area (Å²) in [5, 5.41) is 5.13. The van der Waals surface area contributed by atoms with Crippen LogP contribution in [0.3, 0.4) is 0 Å². The van der Waals surface area contributed by atoms with Crippen molar-refractivity contribution < 1.29 is 9.47 Å². The molecule has 0 unspecified atom stereocenters. The highest BCUT2D eigenvalue weighted by Crippen LogP contribution is 2.31. The molecule has 5 nitrogen and oxygen atoms in total. The smallest absolute Gasteiger partial charge is 0.271 e. The van der Waals surface area contributed by atoms with Gasteiger partial charge < -0.3 is 14.6 Å². The normalized spacial score (nSPS) is 10.1. The molecular formula is C11H12N2O3. The van der Waals surface area contributed by atoms with Crippen molar-refractivity contribution in [3.8, 4) is 22.6 Å². The van der Waals surface area contributed by atoms with Crippen LogP contribution in [0.2, 0.25) is 0 Å². The molecule has 16 heavy (non-hydrogen) atoms. The highest BCUT2D eigenvalue weighted by molar-refractivity contribution is 5.70. The van der Waals surface area contributed by atoms with Gasteiger partial charge in [0.1, 0.15) is 11.5 Å². The van der Waals surface area contributed by atoms with E-state index in [9.17, 15) is 4.79 Å². The third kappa shape index (κ3) is 1.67. The van der Waals surface area contributed by atoms with Crippen LogP contribution in [0.5, 0.6) is 11.5 Å². The van der Waals surface area contributed by atoms with Crippen LogP contribution in [0.4, 0.5) is 0 Å². The lowest BCUT2D eigenvalue weighted by Crippen LogP contribution is -2.02. The van der Waals surface area contributed by atoms with Gasteiger partial charge >= 0.3 is 0 Å². The third-order valence-corrected chi connectivity index (χ3v) is 2.34. The zero-order valence-corrected chi connectivity index (χ0v) is 9.03. The number of ether oxygens (including phenoxy) is 2. The maximum Gasteiger partial charge on any atom is 0.271 e. The van der Waals surface area contributed by atoms with E-state index in [0.717, 1.165) is 0 Å². The highest BCUT2D eigenvalue weighted by Gasteiger charge is 2.11. The molecule has 2 rings (SSSR count). The van der Waals surface area contributed by atoms with Crippen molar-refractivity contribution in [3.63, 3.8) is 0 Å².